The first kappa shape index (κ1) is 18.6. The third-order valence-electron chi connectivity index (χ3n) is 4.08. The number of carbonyl (C=O) groups excluding carboxylic acids is 1. The van der Waals surface area contributed by atoms with Crippen LogP contribution in [0.15, 0.2) is 65.5 Å². The second-order valence-corrected chi connectivity index (χ2v) is 6.36. The highest BCUT2D eigenvalue weighted by Crippen LogP contribution is 2.18. The van der Waals surface area contributed by atoms with Crippen LogP contribution in [0.25, 0.3) is 0 Å². The van der Waals surface area contributed by atoms with Crippen molar-refractivity contribution in [1.29, 1.82) is 0 Å². The highest BCUT2D eigenvalue weighted by Gasteiger charge is 2.23. The Hall–Kier alpha value is -3.19. The third kappa shape index (κ3) is 4.71. The predicted octanol–water partition coefficient (Wildman–Crippen LogP) is 2.51. The second kappa shape index (κ2) is 8.46. The Kier molecular flexibility index (Phi) is 5.83. The van der Waals surface area contributed by atoms with Crippen LogP contribution in [-0.4, -0.2) is 46.5 Å². The Morgan fingerprint density at radius 3 is 2.48 bits per heavy atom. The summed E-state index contributed by atoms with van der Waals surface area (Å²) in [6.45, 7) is 0.424. The molecule has 1 atom stereocenters. The maximum absolute atomic E-state index is 13.0. The van der Waals surface area contributed by atoms with E-state index in [1.54, 1.807) is 23.2 Å². The first-order valence-electron chi connectivity index (χ1n) is 8.58. The molecule has 1 aromatic carbocycles. The summed E-state index contributed by atoms with van der Waals surface area (Å²) in [5, 5.41) is 10.4. The lowest BCUT2D eigenvalue weighted by Gasteiger charge is -2.24. The minimum atomic E-state index is -0.929. The molecule has 2 aromatic heterocycles. The number of nitrogens with zero attached hydrogens (tertiary/aromatic N) is 4. The van der Waals surface area contributed by atoms with Gasteiger partial charge in [-0.15, -0.1) is 0 Å². The summed E-state index contributed by atoms with van der Waals surface area (Å²) in [4.78, 5) is 24.8. The molecule has 0 spiro atoms. The van der Waals surface area contributed by atoms with Crippen LogP contribution in [-0.2, 0) is 6.54 Å². The molecular weight excluding hydrogens is 344 g/mol. The van der Waals surface area contributed by atoms with Crippen LogP contribution >= 0.6 is 0 Å². The van der Waals surface area contributed by atoms with Crippen LogP contribution in [0.4, 0.5) is 5.82 Å². The van der Waals surface area contributed by atoms with E-state index in [4.69, 9.17) is 4.42 Å². The van der Waals surface area contributed by atoms with Crippen molar-refractivity contribution in [3.63, 3.8) is 0 Å². The SMILES string of the molecule is CN(C)c1cnc(C(=O)N(Cc2ccccc2)CC(O)c2ccco2)cn1. The molecule has 1 unspecified atom stereocenters. The molecule has 0 saturated heterocycles. The molecule has 3 rings (SSSR count). The normalized spacial score (nSPS) is 11.8. The standard InChI is InChI=1S/C20H22N4O3/c1-23(2)19-12-21-16(11-22-19)20(26)24(13-15-7-4-3-5-8-15)14-17(25)18-9-6-10-27-18/h3-12,17,25H,13-14H2,1-2H3. The summed E-state index contributed by atoms with van der Waals surface area (Å²) in [7, 11) is 3.71. The minimum absolute atomic E-state index is 0.0817. The van der Waals surface area contributed by atoms with E-state index in [9.17, 15) is 9.90 Å². The van der Waals surface area contributed by atoms with E-state index in [0.29, 0.717) is 18.1 Å². The summed E-state index contributed by atoms with van der Waals surface area (Å²) in [6, 6.07) is 13.0. The van der Waals surface area contributed by atoms with Crippen LogP contribution in [0.5, 0.6) is 0 Å². The number of rotatable bonds is 7. The van der Waals surface area contributed by atoms with Crippen LogP contribution in [0, 0.1) is 0 Å². The number of aromatic nitrogens is 2. The third-order valence-corrected chi connectivity index (χ3v) is 4.08. The average molecular weight is 366 g/mol. The van der Waals surface area contributed by atoms with Crippen LogP contribution in [0.3, 0.4) is 0 Å². The van der Waals surface area contributed by atoms with E-state index >= 15 is 0 Å². The molecule has 0 aliphatic carbocycles. The molecule has 140 valence electrons. The molecular formula is C20H22N4O3. The van der Waals surface area contributed by atoms with Gasteiger partial charge in [0.05, 0.1) is 25.2 Å². The van der Waals surface area contributed by atoms with Gasteiger partial charge in [-0.1, -0.05) is 30.3 Å². The number of anilines is 1. The average Bonchev–Trinajstić information content (AvgIpc) is 3.23. The van der Waals surface area contributed by atoms with Gasteiger partial charge in [-0.2, -0.15) is 0 Å². The van der Waals surface area contributed by atoms with Gasteiger partial charge in [0.25, 0.3) is 5.91 Å². The fraction of sp³-hybridized carbons (Fsp3) is 0.250. The smallest absolute Gasteiger partial charge is 0.274 e. The maximum atomic E-state index is 13.0. The van der Waals surface area contributed by atoms with E-state index in [1.165, 1.54) is 12.5 Å². The first-order chi connectivity index (χ1) is 13.0. The highest BCUT2D eigenvalue weighted by molar-refractivity contribution is 5.92. The molecule has 27 heavy (non-hydrogen) atoms. The molecule has 3 aromatic rings. The summed E-state index contributed by atoms with van der Waals surface area (Å²) in [5.74, 6) is 0.772. The number of hydrogen-bond donors (Lipinski definition) is 1. The van der Waals surface area contributed by atoms with Crippen molar-refractivity contribution in [2.45, 2.75) is 12.6 Å². The van der Waals surface area contributed by atoms with Crippen LogP contribution in [0.2, 0.25) is 0 Å². The largest absolute Gasteiger partial charge is 0.467 e. The van der Waals surface area contributed by atoms with E-state index in [-0.39, 0.29) is 18.1 Å². The van der Waals surface area contributed by atoms with Crippen LogP contribution < -0.4 is 4.90 Å². The summed E-state index contributed by atoms with van der Waals surface area (Å²) in [6.07, 6.45) is 3.57. The summed E-state index contributed by atoms with van der Waals surface area (Å²) in [5.41, 5.74) is 1.18. The first-order valence-corrected chi connectivity index (χ1v) is 8.58. The minimum Gasteiger partial charge on any atom is -0.467 e. The molecule has 7 heteroatoms. The van der Waals surface area contributed by atoms with Crippen molar-refractivity contribution in [2.75, 3.05) is 25.5 Å². The molecule has 0 aliphatic heterocycles. The van der Waals surface area contributed by atoms with Crippen molar-refractivity contribution >= 4 is 11.7 Å². The quantitative estimate of drug-likeness (QED) is 0.692. The van der Waals surface area contributed by atoms with E-state index < -0.39 is 6.10 Å². The molecule has 1 amide bonds. The molecule has 0 fully saturated rings. The zero-order chi connectivity index (χ0) is 19.2. The number of hydrogen-bond acceptors (Lipinski definition) is 6. The van der Waals surface area contributed by atoms with Gasteiger partial charge in [-0.05, 0) is 17.7 Å². The molecule has 0 aliphatic rings. The molecule has 0 radical (unpaired) electrons. The predicted molar refractivity (Wildman–Crippen MR) is 101 cm³/mol. The zero-order valence-corrected chi connectivity index (χ0v) is 15.3. The number of carbonyl (C=O) groups is 1. The molecule has 1 N–H and O–H groups in total. The number of furan rings is 1. The van der Waals surface area contributed by atoms with Gasteiger partial charge in [0.15, 0.2) is 0 Å². The van der Waals surface area contributed by atoms with Crippen molar-refractivity contribution in [2.24, 2.45) is 0 Å². The van der Waals surface area contributed by atoms with Crippen molar-refractivity contribution in [3.05, 3.63) is 78.1 Å². The highest BCUT2D eigenvalue weighted by atomic mass is 16.4. The number of aliphatic hydroxyl groups is 1. The zero-order valence-electron chi connectivity index (χ0n) is 15.3. The molecule has 0 saturated carbocycles. The van der Waals surface area contributed by atoms with Gasteiger partial charge in [-0.3, -0.25) is 4.79 Å². The Morgan fingerprint density at radius 2 is 1.89 bits per heavy atom. The second-order valence-electron chi connectivity index (χ2n) is 6.36. The molecule has 0 bridgehead atoms. The van der Waals surface area contributed by atoms with Gasteiger partial charge in [-0.25, -0.2) is 9.97 Å². The lowest BCUT2D eigenvalue weighted by Crippen LogP contribution is -2.35. The number of amides is 1. The molecule has 2 heterocycles. The van der Waals surface area contributed by atoms with Crippen molar-refractivity contribution in [1.82, 2.24) is 14.9 Å². The number of aliphatic hydroxyl groups excluding tert-OH is 1. The van der Waals surface area contributed by atoms with E-state index in [1.807, 2.05) is 49.3 Å². The van der Waals surface area contributed by atoms with Crippen molar-refractivity contribution in [3.8, 4) is 0 Å². The number of benzene rings is 1. The fourth-order valence-corrected chi connectivity index (χ4v) is 2.63. The topological polar surface area (TPSA) is 82.7 Å². The van der Waals surface area contributed by atoms with Gasteiger partial charge >= 0.3 is 0 Å². The van der Waals surface area contributed by atoms with Crippen molar-refractivity contribution < 1.29 is 14.3 Å². The van der Waals surface area contributed by atoms with Gasteiger partial charge < -0.3 is 19.3 Å². The van der Waals surface area contributed by atoms with E-state index in [2.05, 4.69) is 9.97 Å². The van der Waals surface area contributed by atoms with E-state index in [0.717, 1.165) is 5.56 Å². The lowest BCUT2D eigenvalue weighted by atomic mass is 10.1. The van der Waals surface area contributed by atoms with Gasteiger partial charge in [0.1, 0.15) is 23.4 Å². The summed E-state index contributed by atoms with van der Waals surface area (Å²) >= 11 is 0. The Balaban J connectivity index is 1.82. The monoisotopic (exact) mass is 366 g/mol. The maximum Gasteiger partial charge on any atom is 0.274 e. The van der Waals surface area contributed by atoms with Gasteiger partial charge in [0.2, 0.25) is 0 Å². The molecule has 7 nitrogen and oxygen atoms in total. The van der Waals surface area contributed by atoms with Crippen LogP contribution in [0.1, 0.15) is 27.9 Å². The van der Waals surface area contributed by atoms with Gasteiger partial charge in [0, 0.05) is 20.6 Å². The Labute approximate surface area is 157 Å². The Bertz CT molecular complexity index is 849. The lowest BCUT2D eigenvalue weighted by molar-refractivity contribution is 0.0557. The fourth-order valence-electron chi connectivity index (χ4n) is 2.63. The summed E-state index contributed by atoms with van der Waals surface area (Å²) < 4.78 is 5.25. The Morgan fingerprint density at radius 1 is 1.11 bits per heavy atom.